The molecule has 0 spiro atoms. The summed E-state index contributed by atoms with van der Waals surface area (Å²) in [6.07, 6.45) is 0.816. The first-order valence-corrected chi connectivity index (χ1v) is 10.4. The second-order valence-electron chi connectivity index (χ2n) is 6.78. The Balaban J connectivity index is 1.78. The van der Waals surface area contributed by atoms with Crippen molar-refractivity contribution >= 4 is 29.4 Å². The Hall–Kier alpha value is -2.32. The van der Waals surface area contributed by atoms with E-state index in [9.17, 15) is 9.59 Å². The Morgan fingerprint density at radius 2 is 1.86 bits per heavy atom. The molecule has 0 radical (unpaired) electrons. The van der Waals surface area contributed by atoms with Crippen molar-refractivity contribution in [3.05, 3.63) is 47.7 Å². The van der Waals surface area contributed by atoms with Crippen molar-refractivity contribution in [2.45, 2.75) is 13.3 Å². The number of rotatable bonds is 11. The maximum absolute atomic E-state index is 12.6. The molecule has 0 atom stereocenters. The van der Waals surface area contributed by atoms with Crippen LogP contribution in [-0.2, 0) is 16.0 Å². The monoisotopic (exact) mass is 404 g/mol. The summed E-state index contributed by atoms with van der Waals surface area (Å²) in [5, 5.41) is 6.38. The van der Waals surface area contributed by atoms with Gasteiger partial charge in [0, 0.05) is 25.7 Å². The van der Waals surface area contributed by atoms with Gasteiger partial charge < -0.3 is 19.6 Å². The van der Waals surface area contributed by atoms with Crippen molar-refractivity contribution in [1.29, 1.82) is 0 Å². The van der Waals surface area contributed by atoms with E-state index >= 15 is 0 Å². The number of hydrogen-bond acceptors (Lipinski definition) is 6. The van der Waals surface area contributed by atoms with E-state index in [2.05, 4.69) is 27.5 Å². The molecule has 1 aromatic heterocycles. The molecule has 2 amide bonds. The first-order valence-electron chi connectivity index (χ1n) is 9.21. The Morgan fingerprint density at radius 1 is 1.11 bits per heavy atom. The number of likely N-dealkylation sites (N-methyl/N-ethyl adjacent to an activating group) is 1. The highest BCUT2D eigenvalue weighted by molar-refractivity contribution is 8.00. The van der Waals surface area contributed by atoms with E-state index < -0.39 is 0 Å². The minimum atomic E-state index is -0.199. The molecule has 2 aromatic rings. The number of carbonyl (C=O) groups is 2. The Morgan fingerprint density at radius 3 is 2.50 bits per heavy atom. The van der Waals surface area contributed by atoms with Crippen molar-refractivity contribution in [3.8, 4) is 0 Å². The molecule has 0 aliphatic carbocycles. The smallest absolute Gasteiger partial charge is 0.235 e. The molecule has 152 valence electrons. The SMILES string of the molecule is Cc1cc(NC(=O)CSCC(=O)N(CCc2ccccc2)CCN(C)C)no1. The molecule has 0 bridgehead atoms. The molecule has 0 saturated heterocycles. The van der Waals surface area contributed by atoms with Gasteiger partial charge in [-0.05, 0) is 33.0 Å². The minimum Gasteiger partial charge on any atom is -0.360 e. The van der Waals surface area contributed by atoms with Gasteiger partial charge in [-0.25, -0.2) is 0 Å². The quantitative estimate of drug-likeness (QED) is 0.619. The Kier molecular flexibility index (Phi) is 9.03. The van der Waals surface area contributed by atoms with Gasteiger partial charge in [0.2, 0.25) is 11.8 Å². The van der Waals surface area contributed by atoms with E-state index in [1.165, 1.54) is 17.3 Å². The zero-order valence-corrected chi connectivity index (χ0v) is 17.5. The van der Waals surface area contributed by atoms with E-state index in [0.29, 0.717) is 24.7 Å². The lowest BCUT2D eigenvalue weighted by Crippen LogP contribution is -2.39. The lowest BCUT2D eigenvalue weighted by molar-refractivity contribution is -0.128. The summed E-state index contributed by atoms with van der Waals surface area (Å²) in [6, 6.07) is 11.8. The van der Waals surface area contributed by atoms with Crippen LogP contribution in [0.25, 0.3) is 0 Å². The van der Waals surface area contributed by atoms with Gasteiger partial charge in [0.05, 0.1) is 11.5 Å². The molecular weight excluding hydrogens is 376 g/mol. The second kappa shape index (κ2) is 11.5. The summed E-state index contributed by atoms with van der Waals surface area (Å²) in [5.74, 6) is 1.34. The molecule has 0 unspecified atom stereocenters. The van der Waals surface area contributed by atoms with Crippen LogP contribution in [0.2, 0.25) is 0 Å². The van der Waals surface area contributed by atoms with Gasteiger partial charge >= 0.3 is 0 Å². The van der Waals surface area contributed by atoms with Crippen LogP contribution >= 0.6 is 11.8 Å². The third-order valence-electron chi connectivity index (χ3n) is 4.04. The lowest BCUT2D eigenvalue weighted by Gasteiger charge is -2.24. The van der Waals surface area contributed by atoms with Gasteiger partial charge in [0.1, 0.15) is 5.76 Å². The van der Waals surface area contributed by atoms with Gasteiger partial charge in [0.25, 0.3) is 0 Å². The first-order chi connectivity index (χ1) is 13.4. The number of amides is 2. The van der Waals surface area contributed by atoms with Crippen molar-refractivity contribution in [1.82, 2.24) is 15.0 Å². The first kappa shape index (κ1) is 22.0. The van der Waals surface area contributed by atoms with Crippen molar-refractivity contribution in [2.24, 2.45) is 0 Å². The van der Waals surface area contributed by atoms with Gasteiger partial charge in [0.15, 0.2) is 5.82 Å². The van der Waals surface area contributed by atoms with Gasteiger partial charge in [-0.2, -0.15) is 0 Å². The zero-order valence-electron chi connectivity index (χ0n) is 16.7. The Bertz CT molecular complexity index is 749. The summed E-state index contributed by atoms with van der Waals surface area (Å²) in [5.41, 5.74) is 1.21. The van der Waals surface area contributed by atoms with Crippen LogP contribution in [0.1, 0.15) is 11.3 Å². The highest BCUT2D eigenvalue weighted by Crippen LogP contribution is 2.10. The highest BCUT2D eigenvalue weighted by atomic mass is 32.2. The molecule has 0 aliphatic heterocycles. The van der Waals surface area contributed by atoms with Crippen molar-refractivity contribution in [2.75, 3.05) is 50.6 Å². The van der Waals surface area contributed by atoms with E-state index in [-0.39, 0.29) is 23.3 Å². The molecule has 7 nitrogen and oxygen atoms in total. The largest absolute Gasteiger partial charge is 0.360 e. The average Bonchev–Trinajstić information content (AvgIpc) is 3.06. The number of hydrogen-bond donors (Lipinski definition) is 1. The van der Waals surface area contributed by atoms with Crippen LogP contribution in [-0.4, -0.2) is 72.0 Å². The predicted octanol–water partition coefficient (Wildman–Crippen LogP) is 2.29. The molecule has 1 aromatic carbocycles. The molecule has 28 heavy (non-hydrogen) atoms. The van der Waals surface area contributed by atoms with Gasteiger partial charge in [-0.1, -0.05) is 35.5 Å². The zero-order chi connectivity index (χ0) is 20.4. The number of benzene rings is 1. The van der Waals surface area contributed by atoms with Crippen molar-refractivity contribution in [3.63, 3.8) is 0 Å². The van der Waals surface area contributed by atoms with E-state index in [0.717, 1.165) is 13.0 Å². The fourth-order valence-electron chi connectivity index (χ4n) is 2.52. The molecule has 1 heterocycles. The third kappa shape index (κ3) is 8.14. The summed E-state index contributed by atoms with van der Waals surface area (Å²) < 4.78 is 4.91. The van der Waals surface area contributed by atoms with Crippen LogP contribution in [0.3, 0.4) is 0 Å². The third-order valence-corrected chi connectivity index (χ3v) is 4.95. The maximum Gasteiger partial charge on any atom is 0.235 e. The average molecular weight is 405 g/mol. The highest BCUT2D eigenvalue weighted by Gasteiger charge is 2.15. The fraction of sp³-hybridized carbons (Fsp3) is 0.450. The number of nitrogens with zero attached hydrogens (tertiary/aromatic N) is 3. The summed E-state index contributed by atoms with van der Waals surface area (Å²) in [4.78, 5) is 28.5. The number of anilines is 1. The van der Waals surface area contributed by atoms with Gasteiger partial charge in [-0.15, -0.1) is 11.8 Å². The lowest BCUT2D eigenvalue weighted by atomic mass is 10.1. The summed E-state index contributed by atoms with van der Waals surface area (Å²) in [6.45, 7) is 3.90. The molecule has 8 heteroatoms. The van der Waals surface area contributed by atoms with Crippen LogP contribution in [0.4, 0.5) is 5.82 Å². The molecule has 0 aliphatic rings. The van der Waals surface area contributed by atoms with Crippen LogP contribution < -0.4 is 5.32 Å². The topological polar surface area (TPSA) is 78.7 Å². The number of thioether (sulfide) groups is 1. The summed E-state index contributed by atoms with van der Waals surface area (Å²) in [7, 11) is 3.98. The van der Waals surface area contributed by atoms with E-state index in [1.807, 2.05) is 37.2 Å². The minimum absolute atomic E-state index is 0.0489. The van der Waals surface area contributed by atoms with E-state index in [4.69, 9.17) is 4.52 Å². The maximum atomic E-state index is 12.6. The number of aryl methyl sites for hydroxylation is 1. The Labute approximate surface area is 170 Å². The number of nitrogens with one attached hydrogen (secondary N) is 1. The molecule has 0 saturated carbocycles. The molecule has 1 N–H and O–H groups in total. The fourth-order valence-corrected chi connectivity index (χ4v) is 3.23. The number of aromatic nitrogens is 1. The van der Waals surface area contributed by atoms with E-state index in [1.54, 1.807) is 13.0 Å². The van der Waals surface area contributed by atoms with Crippen LogP contribution in [0.5, 0.6) is 0 Å². The summed E-state index contributed by atoms with van der Waals surface area (Å²) >= 11 is 1.30. The normalized spacial score (nSPS) is 10.9. The predicted molar refractivity (Wildman–Crippen MR) is 112 cm³/mol. The standard InChI is InChI=1S/C20H28N4O3S/c1-16-13-18(22-27-16)21-19(25)14-28-15-20(26)24(12-11-23(2)3)10-9-17-7-5-4-6-8-17/h4-8,13H,9-12,14-15H2,1-3H3,(H,21,22,25). The number of carbonyl (C=O) groups excluding carboxylic acids is 2. The van der Waals surface area contributed by atoms with Crippen LogP contribution in [0, 0.1) is 6.92 Å². The van der Waals surface area contributed by atoms with Crippen molar-refractivity contribution < 1.29 is 14.1 Å². The van der Waals surface area contributed by atoms with Gasteiger partial charge in [-0.3, -0.25) is 9.59 Å². The molecule has 2 rings (SSSR count). The second-order valence-corrected chi connectivity index (χ2v) is 7.77. The van der Waals surface area contributed by atoms with Crippen LogP contribution in [0.15, 0.2) is 40.9 Å². The molecule has 0 fully saturated rings. The molecular formula is C20H28N4O3S.